The SMILES string of the molecule is CC(C)(C)c1ccc(-c2cccc3c2CCNC3)cc1. The third kappa shape index (κ3) is 2.51. The van der Waals surface area contributed by atoms with Crippen molar-refractivity contribution in [3.63, 3.8) is 0 Å². The maximum atomic E-state index is 3.45. The molecule has 0 bridgehead atoms. The van der Waals surface area contributed by atoms with Gasteiger partial charge in [0, 0.05) is 6.54 Å². The van der Waals surface area contributed by atoms with Crippen LogP contribution in [0.3, 0.4) is 0 Å². The predicted molar refractivity (Wildman–Crippen MR) is 86.0 cm³/mol. The van der Waals surface area contributed by atoms with Crippen LogP contribution in [-0.4, -0.2) is 6.54 Å². The van der Waals surface area contributed by atoms with Crippen molar-refractivity contribution in [2.75, 3.05) is 6.54 Å². The molecule has 2 aromatic rings. The Kier molecular flexibility index (Phi) is 3.39. The summed E-state index contributed by atoms with van der Waals surface area (Å²) in [6.45, 7) is 8.88. The van der Waals surface area contributed by atoms with Gasteiger partial charge in [-0.1, -0.05) is 63.2 Å². The lowest BCUT2D eigenvalue weighted by Gasteiger charge is -2.22. The highest BCUT2D eigenvalue weighted by atomic mass is 14.9. The Bertz CT molecular complexity index is 603. The topological polar surface area (TPSA) is 12.0 Å². The molecule has 0 radical (unpaired) electrons. The second kappa shape index (κ2) is 5.06. The van der Waals surface area contributed by atoms with Crippen molar-refractivity contribution in [2.45, 2.75) is 39.2 Å². The van der Waals surface area contributed by atoms with Crippen LogP contribution in [0.25, 0.3) is 11.1 Å². The van der Waals surface area contributed by atoms with E-state index in [4.69, 9.17) is 0 Å². The maximum absolute atomic E-state index is 3.45. The second-order valence-electron chi connectivity index (χ2n) is 6.70. The van der Waals surface area contributed by atoms with Gasteiger partial charge < -0.3 is 5.32 Å². The minimum atomic E-state index is 0.221. The number of hydrogen-bond donors (Lipinski definition) is 1. The van der Waals surface area contributed by atoms with E-state index in [1.165, 1.54) is 27.8 Å². The minimum absolute atomic E-state index is 0.221. The third-order valence-electron chi connectivity index (χ3n) is 4.20. The minimum Gasteiger partial charge on any atom is -0.312 e. The second-order valence-corrected chi connectivity index (χ2v) is 6.70. The summed E-state index contributed by atoms with van der Waals surface area (Å²) >= 11 is 0. The molecule has 0 spiro atoms. The van der Waals surface area contributed by atoms with Gasteiger partial charge in [-0.25, -0.2) is 0 Å². The molecule has 3 rings (SSSR count). The Morgan fingerprint density at radius 1 is 0.950 bits per heavy atom. The summed E-state index contributed by atoms with van der Waals surface area (Å²) in [6.07, 6.45) is 1.13. The Balaban J connectivity index is 2.01. The van der Waals surface area contributed by atoms with Crippen LogP contribution in [0.4, 0.5) is 0 Å². The molecule has 104 valence electrons. The van der Waals surface area contributed by atoms with E-state index in [9.17, 15) is 0 Å². The van der Waals surface area contributed by atoms with Crippen LogP contribution in [0.2, 0.25) is 0 Å². The quantitative estimate of drug-likeness (QED) is 0.810. The van der Waals surface area contributed by atoms with Crippen molar-refractivity contribution in [1.29, 1.82) is 0 Å². The summed E-state index contributed by atoms with van der Waals surface area (Å²) in [5.41, 5.74) is 7.34. The van der Waals surface area contributed by atoms with Crippen molar-refractivity contribution in [3.05, 3.63) is 59.2 Å². The molecule has 0 unspecified atom stereocenters. The molecule has 0 saturated heterocycles. The van der Waals surface area contributed by atoms with Crippen LogP contribution in [0.5, 0.6) is 0 Å². The van der Waals surface area contributed by atoms with Gasteiger partial charge >= 0.3 is 0 Å². The number of fused-ring (bicyclic) bond motifs is 1. The van der Waals surface area contributed by atoms with Crippen molar-refractivity contribution in [1.82, 2.24) is 5.32 Å². The molecule has 0 aliphatic carbocycles. The maximum Gasteiger partial charge on any atom is 0.0208 e. The van der Waals surface area contributed by atoms with Gasteiger partial charge in [-0.05, 0) is 46.2 Å². The predicted octanol–water partition coefficient (Wildman–Crippen LogP) is 4.30. The zero-order valence-corrected chi connectivity index (χ0v) is 12.7. The van der Waals surface area contributed by atoms with Gasteiger partial charge in [-0.15, -0.1) is 0 Å². The van der Waals surface area contributed by atoms with E-state index in [-0.39, 0.29) is 5.41 Å². The van der Waals surface area contributed by atoms with Crippen molar-refractivity contribution < 1.29 is 0 Å². The largest absolute Gasteiger partial charge is 0.312 e. The van der Waals surface area contributed by atoms with E-state index in [1.807, 2.05) is 0 Å². The van der Waals surface area contributed by atoms with E-state index < -0.39 is 0 Å². The van der Waals surface area contributed by atoms with E-state index in [0.717, 1.165) is 19.5 Å². The highest BCUT2D eigenvalue weighted by molar-refractivity contribution is 5.69. The molecule has 0 amide bonds. The van der Waals surface area contributed by atoms with Crippen LogP contribution in [0.1, 0.15) is 37.5 Å². The summed E-state index contributed by atoms with van der Waals surface area (Å²) in [5, 5.41) is 3.45. The van der Waals surface area contributed by atoms with Crippen LogP contribution >= 0.6 is 0 Å². The highest BCUT2D eigenvalue weighted by Gasteiger charge is 2.15. The monoisotopic (exact) mass is 265 g/mol. The first-order valence-corrected chi connectivity index (χ1v) is 7.48. The average molecular weight is 265 g/mol. The van der Waals surface area contributed by atoms with Gasteiger partial charge in [0.25, 0.3) is 0 Å². The fourth-order valence-corrected chi connectivity index (χ4v) is 2.95. The molecule has 0 fully saturated rings. The number of benzene rings is 2. The Morgan fingerprint density at radius 3 is 2.40 bits per heavy atom. The number of rotatable bonds is 1. The zero-order valence-electron chi connectivity index (χ0n) is 12.7. The Labute approximate surface area is 122 Å². The lowest BCUT2D eigenvalue weighted by molar-refractivity contribution is 0.590. The van der Waals surface area contributed by atoms with E-state index in [2.05, 4.69) is 68.6 Å². The van der Waals surface area contributed by atoms with Gasteiger partial charge in [0.15, 0.2) is 0 Å². The van der Waals surface area contributed by atoms with Crippen LogP contribution in [-0.2, 0) is 18.4 Å². The summed E-state index contributed by atoms with van der Waals surface area (Å²) < 4.78 is 0. The van der Waals surface area contributed by atoms with Crippen LogP contribution < -0.4 is 5.32 Å². The van der Waals surface area contributed by atoms with Gasteiger partial charge in [-0.2, -0.15) is 0 Å². The van der Waals surface area contributed by atoms with Gasteiger partial charge in [0.05, 0.1) is 0 Å². The molecule has 20 heavy (non-hydrogen) atoms. The van der Waals surface area contributed by atoms with Gasteiger partial charge in [0.2, 0.25) is 0 Å². The van der Waals surface area contributed by atoms with E-state index in [1.54, 1.807) is 0 Å². The Morgan fingerprint density at radius 2 is 1.70 bits per heavy atom. The first-order valence-electron chi connectivity index (χ1n) is 7.48. The summed E-state index contributed by atoms with van der Waals surface area (Å²) in [7, 11) is 0. The molecule has 1 heteroatoms. The van der Waals surface area contributed by atoms with Crippen molar-refractivity contribution in [2.24, 2.45) is 0 Å². The molecule has 1 heterocycles. The van der Waals surface area contributed by atoms with E-state index in [0.29, 0.717) is 0 Å². The summed E-state index contributed by atoms with van der Waals surface area (Å²) in [5.74, 6) is 0. The summed E-state index contributed by atoms with van der Waals surface area (Å²) in [4.78, 5) is 0. The van der Waals surface area contributed by atoms with Crippen molar-refractivity contribution >= 4 is 0 Å². The molecule has 1 nitrogen and oxygen atoms in total. The van der Waals surface area contributed by atoms with E-state index >= 15 is 0 Å². The molecule has 0 saturated carbocycles. The number of hydrogen-bond acceptors (Lipinski definition) is 1. The molecule has 1 N–H and O–H groups in total. The fourth-order valence-electron chi connectivity index (χ4n) is 2.95. The Hall–Kier alpha value is -1.60. The van der Waals surface area contributed by atoms with Gasteiger partial charge in [0.1, 0.15) is 0 Å². The summed E-state index contributed by atoms with van der Waals surface area (Å²) in [6, 6.07) is 15.8. The first kappa shape index (κ1) is 13.4. The molecular weight excluding hydrogens is 242 g/mol. The zero-order chi connectivity index (χ0) is 14.2. The molecule has 1 aliphatic heterocycles. The smallest absolute Gasteiger partial charge is 0.0208 e. The van der Waals surface area contributed by atoms with Gasteiger partial charge in [-0.3, -0.25) is 0 Å². The molecule has 1 aliphatic rings. The first-order chi connectivity index (χ1) is 9.55. The normalized spacial score (nSPS) is 14.9. The molecular formula is C19H23N. The highest BCUT2D eigenvalue weighted by Crippen LogP contribution is 2.30. The molecule has 2 aromatic carbocycles. The molecule has 0 aromatic heterocycles. The van der Waals surface area contributed by atoms with Crippen LogP contribution in [0.15, 0.2) is 42.5 Å². The fraction of sp³-hybridized carbons (Fsp3) is 0.368. The van der Waals surface area contributed by atoms with Crippen molar-refractivity contribution in [3.8, 4) is 11.1 Å². The number of nitrogens with one attached hydrogen (secondary N) is 1. The van der Waals surface area contributed by atoms with Crippen LogP contribution in [0, 0.1) is 0 Å². The molecule has 0 atom stereocenters. The lowest BCUT2D eigenvalue weighted by atomic mass is 9.85. The lowest BCUT2D eigenvalue weighted by Crippen LogP contribution is -2.24. The standard InChI is InChI=1S/C19H23N/c1-19(2,3)16-9-7-14(8-10-16)17-6-4-5-15-13-20-12-11-18(15)17/h4-10,20H,11-13H2,1-3H3. The average Bonchev–Trinajstić information content (AvgIpc) is 2.46. The third-order valence-corrected chi connectivity index (χ3v) is 4.20.